The summed E-state index contributed by atoms with van der Waals surface area (Å²) in [5, 5.41) is 2.18. The predicted molar refractivity (Wildman–Crippen MR) is 65.3 cm³/mol. The molecule has 0 saturated carbocycles. The lowest BCUT2D eigenvalue weighted by Crippen LogP contribution is -2.05. The molecular weight excluding hydrogens is 202 g/mol. The van der Waals surface area contributed by atoms with Gasteiger partial charge in [-0.3, -0.25) is 0 Å². The maximum absolute atomic E-state index is 5.69. The van der Waals surface area contributed by atoms with Crippen LogP contribution >= 0.6 is 11.3 Å². The van der Waals surface area contributed by atoms with E-state index < -0.39 is 0 Å². The van der Waals surface area contributed by atoms with Gasteiger partial charge in [-0.25, -0.2) is 0 Å². The summed E-state index contributed by atoms with van der Waals surface area (Å²) in [6, 6.07) is 11.0. The van der Waals surface area contributed by atoms with Gasteiger partial charge in [0, 0.05) is 10.8 Å². The van der Waals surface area contributed by atoms with E-state index in [1.54, 1.807) is 0 Å². The van der Waals surface area contributed by atoms with E-state index in [0.717, 1.165) is 13.0 Å². The van der Waals surface area contributed by atoms with Crippen molar-refractivity contribution < 1.29 is 0 Å². The third-order valence-electron chi connectivity index (χ3n) is 3.11. The number of nitrogens with two attached hydrogens (primary N) is 1. The molecule has 0 fully saturated rings. The van der Waals surface area contributed by atoms with E-state index in [4.69, 9.17) is 5.73 Å². The molecule has 0 saturated heterocycles. The van der Waals surface area contributed by atoms with Gasteiger partial charge in [0.1, 0.15) is 0 Å². The third kappa shape index (κ3) is 1.25. The fourth-order valence-corrected chi connectivity index (χ4v) is 3.48. The van der Waals surface area contributed by atoms with Crippen LogP contribution in [0.2, 0.25) is 0 Å². The third-order valence-corrected chi connectivity index (χ3v) is 4.07. The molecule has 0 amide bonds. The van der Waals surface area contributed by atoms with Gasteiger partial charge in [-0.05, 0) is 41.1 Å². The van der Waals surface area contributed by atoms with Crippen molar-refractivity contribution in [2.75, 3.05) is 6.54 Å². The number of hydrogen-bond acceptors (Lipinski definition) is 2. The van der Waals surface area contributed by atoms with Crippen LogP contribution < -0.4 is 5.73 Å². The Labute approximate surface area is 93.6 Å². The first-order chi connectivity index (χ1) is 7.42. The Bertz CT molecular complexity index is 487. The summed E-state index contributed by atoms with van der Waals surface area (Å²) < 4.78 is 0. The van der Waals surface area contributed by atoms with E-state index in [0.29, 0.717) is 5.92 Å². The van der Waals surface area contributed by atoms with Crippen LogP contribution in [0.1, 0.15) is 23.5 Å². The minimum Gasteiger partial charge on any atom is -0.330 e. The van der Waals surface area contributed by atoms with Crippen LogP contribution in [0.4, 0.5) is 0 Å². The minimum absolute atomic E-state index is 0.535. The molecule has 15 heavy (non-hydrogen) atoms. The van der Waals surface area contributed by atoms with Crippen LogP contribution in [0, 0.1) is 0 Å². The van der Waals surface area contributed by atoms with Gasteiger partial charge in [0.15, 0.2) is 0 Å². The Morgan fingerprint density at radius 1 is 1.13 bits per heavy atom. The van der Waals surface area contributed by atoms with Crippen molar-refractivity contribution in [2.45, 2.75) is 12.3 Å². The highest BCUT2D eigenvalue weighted by atomic mass is 32.1. The zero-order valence-electron chi connectivity index (χ0n) is 8.44. The van der Waals surface area contributed by atoms with E-state index in [9.17, 15) is 0 Å². The predicted octanol–water partition coefficient (Wildman–Crippen LogP) is 3.21. The molecule has 1 aliphatic rings. The van der Waals surface area contributed by atoms with E-state index in [2.05, 4.69) is 35.7 Å². The molecule has 1 aliphatic carbocycles. The molecule has 1 aromatic carbocycles. The smallest absolute Gasteiger partial charge is 0.0383 e. The summed E-state index contributed by atoms with van der Waals surface area (Å²) in [5.41, 5.74) is 10.1. The zero-order valence-corrected chi connectivity index (χ0v) is 9.26. The molecular formula is C13H13NS. The Kier molecular flexibility index (Phi) is 2.11. The Morgan fingerprint density at radius 3 is 2.87 bits per heavy atom. The van der Waals surface area contributed by atoms with Crippen molar-refractivity contribution >= 4 is 11.3 Å². The van der Waals surface area contributed by atoms with Gasteiger partial charge in [0.2, 0.25) is 0 Å². The Morgan fingerprint density at radius 2 is 2.00 bits per heavy atom. The Balaban J connectivity index is 2.19. The second-order valence-electron chi connectivity index (χ2n) is 3.92. The molecule has 2 N–H and O–H groups in total. The normalized spacial score (nSPS) is 17.5. The number of hydrogen-bond donors (Lipinski definition) is 1. The number of fused-ring (bicyclic) bond motifs is 3. The van der Waals surface area contributed by atoms with Crippen molar-refractivity contribution in [3.05, 3.63) is 46.8 Å². The maximum Gasteiger partial charge on any atom is 0.0383 e. The highest BCUT2D eigenvalue weighted by Gasteiger charge is 2.28. The standard InChI is InChI=1S/C13H13NS/c14-7-5-10-9-3-1-2-4-11(9)13-12(10)6-8-15-13/h1-4,6,8,10H,5,7,14H2. The van der Waals surface area contributed by atoms with Crippen LogP contribution in [0.3, 0.4) is 0 Å². The average molecular weight is 215 g/mol. The van der Waals surface area contributed by atoms with Crippen LogP contribution in [0.5, 0.6) is 0 Å². The topological polar surface area (TPSA) is 26.0 Å². The molecule has 0 spiro atoms. The van der Waals surface area contributed by atoms with Gasteiger partial charge in [-0.2, -0.15) is 0 Å². The first-order valence-corrected chi connectivity index (χ1v) is 6.16. The summed E-state index contributed by atoms with van der Waals surface area (Å²) in [5.74, 6) is 0.535. The van der Waals surface area contributed by atoms with Gasteiger partial charge in [0.25, 0.3) is 0 Å². The summed E-state index contributed by atoms with van der Waals surface area (Å²) in [6.45, 7) is 0.758. The highest BCUT2D eigenvalue weighted by molar-refractivity contribution is 7.13. The molecule has 3 rings (SSSR count). The first kappa shape index (κ1) is 9.13. The van der Waals surface area contributed by atoms with Crippen molar-refractivity contribution in [3.8, 4) is 10.4 Å². The molecule has 0 bridgehead atoms. The lowest BCUT2D eigenvalue weighted by molar-refractivity contribution is 0.742. The summed E-state index contributed by atoms with van der Waals surface area (Å²) in [6.07, 6.45) is 1.06. The number of benzene rings is 1. The lowest BCUT2D eigenvalue weighted by atomic mass is 9.94. The van der Waals surface area contributed by atoms with Crippen molar-refractivity contribution in [2.24, 2.45) is 5.73 Å². The fraction of sp³-hybridized carbons (Fsp3) is 0.231. The lowest BCUT2D eigenvalue weighted by Gasteiger charge is -2.10. The van der Waals surface area contributed by atoms with Crippen molar-refractivity contribution in [1.29, 1.82) is 0 Å². The second kappa shape index (κ2) is 3.47. The minimum atomic E-state index is 0.535. The summed E-state index contributed by atoms with van der Waals surface area (Å²) >= 11 is 1.84. The fourth-order valence-electron chi connectivity index (χ4n) is 2.47. The molecule has 1 nitrogen and oxygen atoms in total. The maximum atomic E-state index is 5.69. The van der Waals surface area contributed by atoms with Crippen LogP contribution in [-0.2, 0) is 0 Å². The Hall–Kier alpha value is -1.12. The monoisotopic (exact) mass is 215 g/mol. The second-order valence-corrected chi connectivity index (χ2v) is 4.84. The molecule has 76 valence electrons. The highest BCUT2D eigenvalue weighted by Crippen LogP contribution is 2.48. The number of rotatable bonds is 2. The van der Waals surface area contributed by atoms with E-state index in [1.807, 2.05) is 11.3 Å². The van der Waals surface area contributed by atoms with Crippen LogP contribution in [0.25, 0.3) is 10.4 Å². The van der Waals surface area contributed by atoms with Gasteiger partial charge in [-0.15, -0.1) is 11.3 Å². The molecule has 1 atom stereocenters. The van der Waals surface area contributed by atoms with Crippen molar-refractivity contribution in [3.63, 3.8) is 0 Å². The van der Waals surface area contributed by atoms with Crippen LogP contribution in [-0.4, -0.2) is 6.54 Å². The zero-order chi connectivity index (χ0) is 10.3. The van der Waals surface area contributed by atoms with E-state index >= 15 is 0 Å². The molecule has 0 radical (unpaired) electrons. The molecule has 0 aliphatic heterocycles. The molecule has 2 heteroatoms. The molecule has 1 unspecified atom stereocenters. The molecule has 1 aromatic heterocycles. The molecule has 1 heterocycles. The average Bonchev–Trinajstić information content (AvgIpc) is 2.82. The first-order valence-electron chi connectivity index (χ1n) is 5.28. The van der Waals surface area contributed by atoms with Gasteiger partial charge < -0.3 is 5.73 Å². The van der Waals surface area contributed by atoms with E-state index in [1.165, 1.54) is 21.6 Å². The largest absolute Gasteiger partial charge is 0.330 e. The summed E-state index contributed by atoms with van der Waals surface area (Å²) in [4.78, 5) is 1.45. The van der Waals surface area contributed by atoms with E-state index in [-0.39, 0.29) is 0 Å². The molecule has 2 aromatic rings. The van der Waals surface area contributed by atoms with Gasteiger partial charge >= 0.3 is 0 Å². The van der Waals surface area contributed by atoms with Crippen molar-refractivity contribution in [1.82, 2.24) is 0 Å². The summed E-state index contributed by atoms with van der Waals surface area (Å²) in [7, 11) is 0. The van der Waals surface area contributed by atoms with Gasteiger partial charge in [-0.1, -0.05) is 24.3 Å². The van der Waals surface area contributed by atoms with Crippen LogP contribution in [0.15, 0.2) is 35.7 Å². The number of thiophene rings is 1. The SMILES string of the molecule is NCCC1c2ccccc2-c2sccc21. The van der Waals surface area contributed by atoms with Gasteiger partial charge in [0.05, 0.1) is 0 Å². The quantitative estimate of drug-likeness (QED) is 0.818.